The molecule has 0 radical (unpaired) electrons. The third kappa shape index (κ3) is 6.02. The van der Waals surface area contributed by atoms with E-state index in [0.29, 0.717) is 29.9 Å². The number of amides is 2. The number of aromatic nitrogens is 2. The van der Waals surface area contributed by atoms with E-state index in [1.54, 1.807) is 13.0 Å². The van der Waals surface area contributed by atoms with Gasteiger partial charge in [-0.2, -0.15) is 0 Å². The maximum absolute atomic E-state index is 12.0. The molecule has 0 aromatic carbocycles. The van der Waals surface area contributed by atoms with Crippen molar-refractivity contribution in [2.24, 2.45) is 0 Å². The van der Waals surface area contributed by atoms with Crippen molar-refractivity contribution in [2.45, 2.75) is 51.4 Å². The molecule has 26 heavy (non-hydrogen) atoms. The van der Waals surface area contributed by atoms with Crippen molar-refractivity contribution >= 4 is 41.0 Å². The fourth-order valence-electron chi connectivity index (χ4n) is 2.83. The second-order valence-electron chi connectivity index (χ2n) is 7.43. The Bertz CT molecular complexity index is 680. The summed E-state index contributed by atoms with van der Waals surface area (Å²) in [6, 6.07) is 1.82. The molecule has 1 aromatic heterocycles. The lowest BCUT2D eigenvalue weighted by Gasteiger charge is -2.40. The number of thioether (sulfide) groups is 1. The summed E-state index contributed by atoms with van der Waals surface area (Å²) in [7, 11) is 0. The molecule has 9 heteroatoms. The first-order chi connectivity index (χ1) is 12.0. The molecule has 7 nitrogen and oxygen atoms in total. The standard InChI is InChI=1S/C17H26ClN5O2S/c1-11-9-22(6-7-23(11)12(2)24)14-8-13(18)19-16(20-14)26-10-15(25)21-17(3,4)5/h8,11H,6-7,9-10H2,1-5H3,(H,21,25)/t11-/m0/s1. The molecule has 1 N–H and O–H groups in total. The minimum Gasteiger partial charge on any atom is -0.353 e. The minimum atomic E-state index is -0.273. The average Bonchev–Trinajstić information content (AvgIpc) is 2.50. The second-order valence-corrected chi connectivity index (χ2v) is 8.76. The number of carbonyl (C=O) groups is 2. The van der Waals surface area contributed by atoms with E-state index in [2.05, 4.69) is 20.2 Å². The first kappa shape index (κ1) is 20.8. The van der Waals surface area contributed by atoms with E-state index >= 15 is 0 Å². The van der Waals surface area contributed by atoms with E-state index in [0.717, 1.165) is 5.82 Å². The van der Waals surface area contributed by atoms with Crippen LogP contribution in [0.4, 0.5) is 5.82 Å². The summed E-state index contributed by atoms with van der Waals surface area (Å²) in [4.78, 5) is 36.3. The summed E-state index contributed by atoms with van der Waals surface area (Å²) in [6.07, 6.45) is 0. The Balaban J connectivity index is 2.03. The smallest absolute Gasteiger partial charge is 0.230 e. The number of nitrogens with one attached hydrogen (secondary N) is 1. The molecular formula is C17H26ClN5O2S. The molecule has 1 aliphatic heterocycles. The van der Waals surface area contributed by atoms with Crippen LogP contribution in [0.1, 0.15) is 34.6 Å². The van der Waals surface area contributed by atoms with Crippen LogP contribution >= 0.6 is 23.4 Å². The van der Waals surface area contributed by atoms with Crippen molar-refractivity contribution in [1.29, 1.82) is 0 Å². The molecule has 1 atom stereocenters. The number of carbonyl (C=O) groups excluding carboxylic acids is 2. The molecule has 0 aliphatic carbocycles. The van der Waals surface area contributed by atoms with Gasteiger partial charge in [0.25, 0.3) is 0 Å². The van der Waals surface area contributed by atoms with Gasteiger partial charge in [0.15, 0.2) is 5.16 Å². The third-order valence-electron chi connectivity index (χ3n) is 3.86. The van der Waals surface area contributed by atoms with E-state index < -0.39 is 0 Å². The van der Waals surface area contributed by atoms with Crippen molar-refractivity contribution in [1.82, 2.24) is 20.2 Å². The zero-order valence-electron chi connectivity index (χ0n) is 15.9. The first-order valence-corrected chi connectivity index (χ1v) is 9.92. The number of anilines is 1. The Morgan fingerprint density at radius 2 is 2.04 bits per heavy atom. The highest BCUT2D eigenvalue weighted by atomic mass is 35.5. The maximum Gasteiger partial charge on any atom is 0.230 e. The average molecular weight is 400 g/mol. The number of hydrogen-bond donors (Lipinski definition) is 1. The summed E-state index contributed by atoms with van der Waals surface area (Å²) < 4.78 is 0. The largest absolute Gasteiger partial charge is 0.353 e. The van der Waals surface area contributed by atoms with Crippen LogP contribution in [-0.4, -0.2) is 63.7 Å². The lowest BCUT2D eigenvalue weighted by Crippen LogP contribution is -2.53. The van der Waals surface area contributed by atoms with Gasteiger partial charge >= 0.3 is 0 Å². The number of halogens is 1. The van der Waals surface area contributed by atoms with Gasteiger partial charge in [-0.05, 0) is 27.7 Å². The van der Waals surface area contributed by atoms with Crippen LogP contribution in [0, 0.1) is 0 Å². The number of nitrogens with zero attached hydrogens (tertiary/aromatic N) is 4. The van der Waals surface area contributed by atoms with E-state index in [1.807, 2.05) is 32.6 Å². The SMILES string of the molecule is CC(=O)N1CCN(c2cc(Cl)nc(SCC(=O)NC(C)(C)C)n2)C[C@@H]1C. The van der Waals surface area contributed by atoms with Crippen LogP contribution in [-0.2, 0) is 9.59 Å². The van der Waals surface area contributed by atoms with Crippen molar-refractivity contribution in [3.63, 3.8) is 0 Å². The summed E-state index contributed by atoms with van der Waals surface area (Å²) >= 11 is 7.41. The molecule has 2 heterocycles. The fourth-order valence-corrected chi connectivity index (χ4v) is 3.71. The van der Waals surface area contributed by atoms with E-state index in [4.69, 9.17) is 11.6 Å². The summed E-state index contributed by atoms with van der Waals surface area (Å²) in [5.74, 6) is 0.958. The Hall–Kier alpha value is -1.54. The summed E-state index contributed by atoms with van der Waals surface area (Å²) in [5.41, 5.74) is -0.273. The monoisotopic (exact) mass is 399 g/mol. The highest BCUT2D eigenvalue weighted by Crippen LogP contribution is 2.24. The van der Waals surface area contributed by atoms with Gasteiger partial charge in [-0.15, -0.1) is 0 Å². The predicted molar refractivity (Wildman–Crippen MR) is 105 cm³/mol. The molecule has 0 bridgehead atoms. The molecular weight excluding hydrogens is 374 g/mol. The molecule has 0 saturated carbocycles. The molecule has 1 aliphatic rings. The second kappa shape index (κ2) is 8.43. The Morgan fingerprint density at radius 3 is 2.62 bits per heavy atom. The van der Waals surface area contributed by atoms with Gasteiger partial charge in [0.2, 0.25) is 11.8 Å². The Kier molecular flexibility index (Phi) is 6.74. The van der Waals surface area contributed by atoms with Crippen LogP contribution < -0.4 is 10.2 Å². The topological polar surface area (TPSA) is 78.4 Å². The minimum absolute atomic E-state index is 0.0729. The van der Waals surface area contributed by atoms with Crippen LogP contribution in [0.25, 0.3) is 0 Å². The van der Waals surface area contributed by atoms with Crippen molar-refractivity contribution in [2.75, 3.05) is 30.3 Å². The van der Waals surface area contributed by atoms with E-state index in [1.165, 1.54) is 11.8 Å². The molecule has 2 amide bonds. The van der Waals surface area contributed by atoms with E-state index in [-0.39, 0.29) is 29.1 Å². The first-order valence-electron chi connectivity index (χ1n) is 8.56. The van der Waals surface area contributed by atoms with Gasteiger partial charge in [-0.25, -0.2) is 9.97 Å². The molecule has 0 unspecified atom stereocenters. The van der Waals surface area contributed by atoms with Crippen LogP contribution in [0.3, 0.4) is 0 Å². The Morgan fingerprint density at radius 1 is 1.35 bits per heavy atom. The predicted octanol–water partition coefficient (Wildman–Crippen LogP) is 2.19. The molecule has 2 rings (SSSR count). The van der Waals surface area contributed by atoms with Gasteiger partial charge in [0, 0.05) is 44.2 Å². The molecule has 1 fully saturated rings. The Labute approximate surface area is 163 Å². The summed E-state index contributed by atoms with van der Waals surface area (Å²) in [5, 5.41) is 3.72. The fraction of sp³-hybridized carbons (Fsp3) is 0.647. The van der Waals surface area contributed by atoms with E-state index in [9.17, 15) is 9.59 Å². The van der Waals surface area contributed by atoms with Crippen molar-refractivity contribution in [3.05, 3.63) is 11.2 Å². The van der Waals surface area contributed by atoms with Gasteiger partial charge in [-0.1, -0.05) is 23.4 Å². The van der Waals surface area contributed by atoms with Crippen molar-refractivity contribution < 1.29 is 9.59 Å². The third-order valence-corrected chi connectivity index (χ3v) is 4.90. The van der Waals surface area contributed by atoms with Crippen LogP contribution in [0.5, 0.6) is 0 Å². The normalized spacial score (nSPS) is 18.0. The van der Waals surface area contributed by atoms with Crippen molar-refractivity contribution in [3.8, 4) is 0 Å². The molecule has 1 saturated heterocycles. The number of piperazine rings is 1. The molecule has 144 valence electrons. The maximum atomic E-state index is 12.0. The van der Waals surface area contributed by atoms with Gasteiger partial charge in [-0.3, -0.25) is 9.59 Å². The lowest BCUT2D eigenvalue weighted by molar-refractivity contribution is -0.131. The number of rotatable bonds is 4. The molecule has 1 aromatic rings. The highest BCUT2D eigenvalue weighted by molar-refractivity contribution is 7.99. The highest BCUT2D eigenvalue weighted by Gasteiger charge is 2.26. The van der Waals surface area contributed by atoms with Gasteiger partial charge in [0.1, 0.15) is 11.0 Å². The van der Waals surface area contributed by atoms with Gasteiger partial charge in [0.05, 0.1) is 5.75 Å². The zero-order chi connectivity index (χ0) is 19.5. The van der Waals surface area contributed by atoms with Crippen LogP contribution in [0.15, 0.2) is 11.2 Å². The molecule has 0 spiro atoms. The van der Waals surface area contributed by atoms with Crippen LogP contribution in [0.2, 0.25) is 5.15 Å². The zero-order valence-corrected chi connectivity index (χ0v) is 17.4. The number of hydrogen-bond acceptors (Lipinski definition) is 6. The lowest BCUT2D eigenvalue weighted by atomic mass is 10.1. The van der Waals surface area contributed by atoms with Gasteiger partial charge < -0.3 is 15.1 Å². The quantitative estimate of drug-likeness (QED) is 0.475. The summed E-state index contributed by atoms with van der Waals surface area (Å²) in [6.45, 7) is 11.4.